The zero-order chi connectivity index (χ0) is 22.8. The van der Waals surface area contributed by atoms with Crippen LogP contribution in [0.15, 0.2) is 47.4 Å². The first-order valence-corrected chi connectivity index (χ1v) is 11.3. The van der Waals surface area contributed by atoms with Crippen LogP contribution in [0.3, 0.4) is 0 Å². The van der Waals surface area contributed by atoms with Crippen LogP contribution in [0.1, 0.15) is 38.0 Å². The van der Waals surface area contributed by atoms with Crippen molar-refractivity contribution in [3.63, 3.8) is 0 Å². The van der Waals surface area contributed by atoms with Gasteiger partial charge in [-0.3, -0.25) is 0 Å². The Kier molecular flexibility index (Phi) is 6.47. The Bertz CT molecular complexity index is 1040. The van der Waals surface area contributed by atoms with E-state index in [1.165, 1.54) is 30.1 Å². The molecule has 0 bridgehead atoms. The number of amides is 1. The van der Waals surface area contributed by atoms with Crippen molar-refractivity contribution in [3.05, 3.63) is 53.6 Å². The van der Waals surface area contributed by atoms with Crippen LogP contribution < -0.4 is 8.92 Å². The molecule has 168 valence electrons. The predicted octanol–water partition coefficient (Wildman–Crippen LogP) is 3.29. The largest absolute Gasteiger partial charge is 0.493 e. The first-order chi connectivity index (χ1) is 14.4. The summed E-state index contributed by atoms with van der Waals surface area (Å²) in [6.07, 6.45) is -0.861. The van der Waals surface area contributed by atoms with E-state index in [0.29, 0.717) is 24.3 Å². The molecular formula is C22H27NO7S. The highest BCUT2D eigenvalue weighted by molar-refractivity contribution is 7.87. The molecule has 8 nitrogen and oxygen atoms in total. The van der Waals surface area contributed by atoms with Crippen molar-refractivity contribution in [2.75, 3.05) is 20.2 Å². The number of likely N-dealkylation sites (N-methyl/N-ethyl adjacent to an activating group) is 1. The van der Waals surface area contributed by atoms with Crippen molar-refractivity contribution in [2.24, 2.45) is 0 Å². The van der Waals surface area contributed by atoms with Gasteiger partial charge < -0.3 is 23.7 Å². The molecule has 1 heterocycles. The zero-order valence-corrected chi connectivity index (χ0v) is 18.8. The van der Waals surface area contributed by atoms with Crippen molar-refractivity contribution in [3.8, 4) is 11.5 Å². The van der Waals surface area contributed by atoms with Gasteiger partial charge in [-0.15, -0.1) is 0 Å². The van der Waals surface area contributed by atoms with Gasteiger partial charge in [0.2, 0.25) is 0 Å². The number of fused-ring (bicyclic) bond motifs is 1. The summed E-state index contributed by atoms with van der Waals surface area (Å²) in [5, 5.41) is 10.4. The number of hydrogen-bond donors (Lipinski definition) is 1. The highest BCUT2D eigenvalue weighted by atomic mass is 32.2. The molecule has 31 heavy (non-hydrogen) atoms. The Morgan fingerprint density at radius 2 is 1.87 bits per heavy atom. The first-order valence-electron chi connectivity index (χ1n) is 9.87. The molecule has 2 aromatic carbocycles. The number of ether oxygens (including phenoxy) is 2. The maximum atomic E-state index is 12.6. The van der Waals surface area contributed by atoms with Crippen LogP contribution >= 0.6 is 0 Å². The smallest absolute Gasteiger partial charge is 0.410 e. The van der Waals surface area contributed by atoms with Crippen LogP contribution in [0.5, 0.6) is 11.5 Å². The number of benzene rings is 2. The standard InChI is InChI=1S/C22H27NO7S/c1-22(2,3)29-21(25)23(4)14-19(24)15-5-7-17(8-6-15)30-31(26,27)18-9-10-20-16(13-18)11-12-28-20/h5-10,13,19,24H,11-12,14H2,1-4H3. The van der Waals surface area contributed by atoms with Crippen LogP contribution in [0.25, 0.3) is 0 Å². The molecule has 1 aliphatic heterocycles. The van der Waals surface area contributed by atoms with Gasteiger partial charge in [-0.25, -0.2) is 4.79 Å². The highest BCUT2D eigenvalue weighted by Crippen LogP contribution is 2.29. The third-order valence-corrected chi connectivity index (χ3v) is 5.82. The fourth-order valence-corrected chi connectivity index (χ4v) is 4.00. The molecule has 0 saturated carbocycles. The second-order valence-corrected chi connectivity index (χ2v) is 9.90. The van der Waals surface area contributed by atoms with Crippen LogP contribution in [0.2, 0.25) is 0 Å². The second-order valence-electron chi connectivity index (χ2n) is 8.35. The number of aliphatic hydroxyl groups is 1. The number of hydrogen-bond acceptors (Lipinski definition) is 7. The van der Waals surface area contributed by atoms with Crippen molar-refractivity contribution in [1.29, 1.82) is 0 Å². The Labute approximate surface area is 182 Å². The number of nitrogens with zero attached hydrogens (tertiary/aromatic N) is 1. The summed E-state index contributed by atoms with van der Waals surface area (Å²) in [5.74, 6) is 0.807. The van der Waals surface area contributed by atoms with E-state index in [-0.39, 0.29) is 17.2 Å². The maximum absolute atomic E-state index is 12.6. The molecule has 1 amide bonds. The lowest BCUT2D eigenvalue weighted by Gasteiger charge is -2.26. The van der Waals surface area contributed by atoms with Crippen LogP contribution in [0.4, 0.5) is 4.79 Å². The molecule has 0 aliphatic carbocycles. The second kappa shape index (κ2) is 8.76. The van der Waals surface area contributed by atoms with Gasteiger partial charge in [0.05, 0.1) is 19.3 Å². The summed E-state index contributed by atoms with van der Waals surface area (Å²) < 4.78 is 41.0. The van der Waals surface area contributed by atoms with E-state index < -0.39 is 27.9 Å². The van der Waals surface area contributed by atoms with Gasteiger partial charge in [0.15, 0.2) is 0 Å². The molecule has 1 N–H and O–H groups in total. The lowest BCUT2D eigenvalue weighted by atomic mass is 10.1. The molecule has 1 aliphatic rings. The normalized spacial score (nSPS) is 14.4. The van der Waals surface area contributed by atoms with Crippen molar-refractivity contribution in [1.82, 2.24) is 4.90 Å². The summed E-state index contributed by atoms with van der Waals surface area (Å²) in [6.45, 7) is 5.84. The topological polar surface area (TPSA) is 102 Å². The number of aliphatic hydroxyl groups excluding tert-OH is 1. The van der Waals surface area contributed by atoms with E-state index in [4.69, 9.17) is 13.7 Å². The number of carbonyl (C=O) groups excluding carboxylic acids is 1. The fourth-order valence-electron chi connectivity index (χ4n) is 3.02. The van der Waals surface area contributed by atoms with Crippen molar-refractivity contribution < 1.29 is 32.0 Å². The van der Waals surface area contributed by atoms with E-state index in [0.717, 1.165) is 5.56 Å². The minimum absolute atomic E-state index is 0.0185. The van der Waals surface area contributed by atoms with Crippen molar-refractivity contribution >= 4 is 16.2 Å². The number of rotatable bonds is 6. The molecule has 1 unspecified atom stereocenters. The molecule has 1 atom stereocenters. The van der Waals surface area contributed by atoms with Crippen molar-refractivity contribution in [2.45, 2.75) is 43.8 Å². The average Bonchev–Trinajstić information content (AvgIpc) is 3.14. The first kappa shape index (κ1) is 22.9. The molecule has 0 saturated heterocycles. The van der Waals surface area contributed by atoms with Crippen LogP contribution in [-0.4, -0.2) is 50.3 Å². The van der Waals surface area contributed by atoms with Gasteiger partial charge in [-0.1, -0.05) is 12.1 Å². The molecule has 0 radical (unpaired) electrons. The van der Waals surface area contributed by atoms with Crippen LogP contribution in [0, 0.1) is 0 Å². The Morgan fingerprint density at radius 3 is 2.52 bits per heavy atom. The third-order valence-electron chi connectivity index (χ3n) is 4.57. The molecule has 0 aromatic heterocycles. The lowest BCUT2D eigenvalue weighted by Crippen LogP contribution is -2.36. The predicted molar refractivity (Wildman–Crippen MR) is 114 cm³/mol. The fraction of sp³-hybridized carbons (Fsp3) is 0.409. The third kappa shape index (κ3) is 5.89. The molecular weight excluding hydrogens is 422 g/mol. The minimum Gasteiger partial charge on any atom is -0.493 e. The molecule has 0 fully saturated rings. The highest BCUT2D eigenvalue weighted by Gasteiger charge is 2.23. The van der Waals surface area contributed by atoms with Gasteiger partial charge in [0.1, 0.15) is 22.0 Å². The van der Waals surface area contributed by atoms with Gasteiger partial charge in [-0.2, -0.15) is 8.42 Å². The van der Waals surface area contributed by atoms with Gasteiger partial charge >= 0.3 is 16.2 Å². The maximum Gasteiger partial charge on any atom is 0.410 e. The molecule has 9 heteroatoms. The summed E-state index contributed by atoms with van der Waals surface area (Å²) in [4.78, 5) is 13.4. The van der Waals surface area contributed by atoms with E-state index in [2.05, 4.69) is 0 Å². The molecule has 2 aromatic rings. The SMILES string of the molecule is CN(CC(O)c1ccc(OS(=O)(=O)c2ccc3c(c2)CCO3)cc1)C(=O)OC(C)(C)C. The summed E-state index contributed by atoms with van der Waals surface area (Å²) in [5.41, 5.74) is 0.708. The average molecular weight is 450 g/mol. The van der Waals surface area contributed by atoms with E-state index in [1.54, 1.807) is 45.0 Å². The van der Waals surface area contributed by atoms with Gasteiger partial charge in [-0.05, 0) is 62.2 Å². The summed E-state index contributed by atoms with van der Waals surface area (Å²) >= 11 is 0. The monoisotopic (exact) mass is 449 g/mol. The quantitative estimate of drug-likeness (QED) is 0.675. The zero-order valence-electron chi connectivity index (χ0n) is 18.0. The van der Waals surface area contributed by atoms with Gasteiger partial charge in [0, 0.05) is 13.5 Å². The van der Waals surface area contributed by atoms with Gasteiger partial charge in [0.25, 0.3) is 0 Å². The minimum atomic E-state index is -4.00. The Hall–Kier alpha value is -2.78. The Morgan fingerprint density at radius 1 is 1.19 bits per heavy atom. The molecule has 0 spiro atoms. The summed E-state index contributed by atoms with van der Waals surface area (Å²) in [7, 11) is -2.47. The van der Waals surface area contributed by atoms with E-state index in [1.807, 2.05) is 0 Å². The van der Waals surface area contributed by atoms with Crippen LogP contribution in [-0.2, 0) is 21.3 Å². The molecule has 3 rings (SSSR count). The lowest BCUT2D eigenvalue weighted by molar-refractivity contribution is 0.0205. The number of carbonyl (C=O) groups is 1. The summed E-state index contributed by atoms with van der Waals surface area (Å²) in [6, 6.07) is 10.6. The van der Waals surface area contributed by atoms with E-state index >= 15 is 0 Å². The Balaban J connectivity index is 1.63. The van der Waals surface area contributed by atoms with E-state index in [9.17, 15) is 18.3 Å².